The van der Waals surface area contributed by atoms with E-state index >= 15 is 0 Å². The minimum Gasteiger partial charge on any atom is -0.378 e. The molecule has 22 heavy (non-hydrogen) atoms. The van der Waals surface area contributed by atoms with Crippen molar-refractivity contribution in [2.45, 2.75) is 19.5 Å². The van der Waals surface area contributed by atoms with E-state index < -0.39 is 0 Å². The summed E-state index contributed by atoms with van der Waals surface area (Å²) in [6, 6.07) is 6.09. The Bertz CT molecular complexity index is 710. The summed E-state index contributed by atoms with van der Waals surface area (Å²) < 4.78 is 24.2. The molecule has 0 amide bonds. The molecular weight excluding hydrogens is 287 g/mol. The van der Waals surface area contributed by atoms with Crippen molar-refractivity contribution in [2.24, 2.45) is 0 Å². The molecular formula is C15H15FN4O2. The summed E-state index contributed by atoms with van der Waals surface area (Å²) in [5, 5.41) is 13.0. The molecule has 2 heterocycles. The van der Waals surface area contributed by atoms with Gasteiger partial charge in [0.2, 0.25) is 5.89 Å². The van der Waals surface area contributed by atoms with Crippen molar-refractivity contribution in [3.8, 4) is 6.07 Å². The van der Waals surface area contributed by atoms with Gasteiger partial charge in [-0.1, -0.05) is 5.16 Å². The molecule has 3 rings (SSSR count). The third-order valence-corrected chi connectivity index (χ3v) is 3.63. The van der Waals surface area contributed by atoms with Crippen LogP contribution in [0.5, 0.6) is 0 Å². The van der Waals surface area contributed by atoms with Gasteiger partial charge in [-0.05, 0) is 30.7 Å². The zero-order chi connectivity index (χ0) is 15.5. The molecule has 1 unspecified atom stereocenters. The summed E-state index contributed by atoms with van der Waals surface area (Å²) in [6.07, 6.45) is 0. The Morgan fingerprint density at radius 1 is 1.50 bits per heavy atom. The van der Waals surface area contributed by atoms with E-state index in [-0.39, 0.29) is 11.9 Å². The van der Waals surface area contributed by atoms with Gasteiger partial charge >= 0.3 is 0 Å². The number of morpholine rings is 1. The maximum atomic E-state index is 13.5. The molecule has 0 N–H and O–H groups in total. The van der Waals surface area contributed by atoms with Gasteiger partial charge in [-0.3, -0.25) is 4.90 Å². The topological polar surface area (TPSA) is 75.2 Å². The lowest BCUT2D eigenvalue weighted by Gasteiger charge is -2.33. The number of ether oxygens (including phenoxy) is 1. The number of benzene rings is 1. The monoisotopic (exact) mass is 302 g/mol. The van der Waals surface area contributed by atoms with Crippen LogP contribution < -0.4 is 0 Å². The van der Waals surface area contributed by atoms with E-state index in [9.17, 15) is 4.39 Å². The van der Waals surface area contributed by atoms with Gasteiger partial charge in [-0.15, -0.1) is 0 Å². The van der Waals surface area contributed by atoms with E-state index in [0.717, 1.165) is 0 Å². The molecule has 1 atom stereocenters. The maximum Gasteiger partial charge on any atom is 0.246 e. The zero-order valence-corrected chi connectivity index (χ0v) is 12.1. The van der Waals surface area contributed by atoms with Crippen molar-refractivity contribution in [3.05, 3.63) is 46.9 Å². The number of halogens is 1. The van der Waals surface area contributed by atoms with Crippen LogP contribution in [0.4, 0.5) is 4.39 Å². The summed E-state index contributed by atoms with van der Waals surface area (Å²) in [6.45, 7) is 3.82. The number of hydrogen-bond acceptors (Lipinski definition) is 6. The maximum absolute atomic E-state index is 13.5. The molecule has 2 aromatic rings. The Morgan fingerprint density at radius 2 is 2.36 bits per heavy atom. The molecule has 1 fully saturated rings. The summed E-state index contributed by atoms with van der Waals surface area (Å²) in [4.78, 5) is 6.31. The molecule has 0 saturated carbocycles. The highest BCUT2D eigenvalue weighted by atomic mass is 19.1. The fourth-order valence-electron chi connectivity index (χ4n) is 2.52. The Labute approximate surface area is 127 Å². The molecule has 6 nitrogen and oxygen atoms in total. The Balaban J connectivity index is 1.86. The Kier molecular flexibility index (Phi) is 4.13. The predicted octanol–water partition coefficient (Wildman–Crippen LogP) is 1.96. The summed E-state index contributed by atoms with van der Waals surface area (Å²) in [7, 11) is 0. The smallest absolute Gasteiger partial charge is 0.246 e. The van der Waals surface area contributed by atoms with Crippen LogP contribution in [-0.4, -0.2) is 34.8 Å². The van der Waals surface area contributed by atoms with Crippen LogP contribution in [0.25, 0.3) is 0 Å². The molecule has 1 saturated heterocycles. The molecule has 1 aliphatic rings. The number of rotatable bonds is 3. The standard InChI is InChI=1S/C15H15FN4O2/c1-10-18-15(22-19-10)14-9-21-5-4-20(14)8-12-6-13(16)3-2-11(12)7-17/h2-3,6,14H,4-5,8-9H2,1H3. The lowest BCUT2D eigenvalue weighted by molar-refractivity contribution is -0.0241. The second-order valence-electron chi connectivity index (χ2n) is 5.15. The van der Waals surface area contributed by atoms with Crippen LogP contribution in [-0.2, 0) is 11.3 Å². The first kappa shape index (κ1) is 14.6. The third-order valence-electron chi connectivity index (χ3n) is 3.63. The summed E-state index contributed by atoms with van der Waals surface area (Å²) in [5.74, 6) is 0.684. The highest BCUT2D eigenvalue weighted by Gasteiger charge is 2.29. The van der Waals surface area contributed by atoms with Gasteiger partial charge in [0.25, 0.3) is 0 Å². The lowest BCUT2D eigenvalue weighted by atomic mass is 10.1. The Morgan fingerprint density at radius 3 is 3.09 bits per heavy atom. The number of aromatic nitrogens is 2. The van der Waals surface area contributed by atoms with E-state index in [4.69, 9.17) is 14.5 Å². The van der Waals surface area contributed by atoms with E-state index in [2.05, 4.69) is 21.1 Å². The van der Waals surface area contributed by atoms with E-state index in [0.29, 0.717) is 49.1 Å². The van der Waals surface area contributed by atoms with Crippen molar-refractivity contribution in [2.75, 3.05) is 19.8 Å². The van der Waals surface area contributed by atoms with Gasteiger partial charge in [-0.2, -0.15) is 10.2 Å². The quantitative estimate of drug-likeness (QED) is 0.863. The molecule has 114 valence electrons. The zero-order valence-electron chi connectivity index (χ0n) is 12.1. The van der Waals surface area contributed by atoms with Crippen LogP contribution >= 0.6 is 0 Å². The van der Waals surface area contributed by atoms with Gasteiger partial charge in [0.1, 0.15) is 11.9 Å². The number of aryl methyl sites for hydroxylation is 1. The first-order valence-electron chi connectivity index (χ1n) is 6.98. The van der Waals surface area contributed by atoms with Crippen LogP contribution in [0.1, 0.15) is 28.9 Å². The lowest BCUT2D eigenvalue weighted by Crippen LogP contribution is -2.39. The molecule has 0 aliphatic carbocycles. The molecule has 1 aromatic carbocycles. The van der Waals surface area contributed by atoms with Crippen LogP contribution in [0, 0.1) is 24.1 Å². The van der Waals surface area contributed by atoms with Crippen molar-refractivity contribution in [3.63, 3.8) is 0 Å². The van der Waals surface area contributed by atoms with Gasteiger partial charge in [0.15, 0.2) is 5.82 Å². The number of hydrogen-bond donors (Lipinski definition) is 0. The van der Waals surface area contributed by atoms with Gasteiger partial charge in [0.05, 0.1) is 24.8 Å². The first-order chi connectivity index (χ1) is 10.7. The number of nitriles is 1. The largest absolute Gasteiger partial charge is 0.378 e. The minimum atomic E-state index is -0.354. The normalized spacial score (nSPS) is 19.0. The van der Waals surface area contributed by atoms with Gasteiger partial charge in [0, 0.05) is 13.1 Å². The van der Waals surface area contributed by atoms with Gasteiger partial charge in [-0.25, -0.2) is 4.39 Å². The van der Waals surface area contributed by atoms with E-state index in [1.807, 2.05) is 0 Å². The molecule has 0 bridgehead atoms. The van der Waals surface area contributed by atoms with Crippen LogP contribution in [0.15, 0.2) is 22.7 Å². The molecule has 1 aromatic heterocycles. The van der Waals surface area contributed by atoms with Crippen molar-refractivity contribution >= 4 is 0 Å². The second-order valence-corrected chi connectivity index (χ2v) is 5.15. The fourth-order valence-corrected chi connectivity index (χ4v) is 2.52. The first-order valence-corrected chi connectivity index (χ1v) is 6.98. The van der Waals surface area contributed by atoms with Crippen LogP contribution in [0.2, 0.25) is 0 Å². The average Bonchev–Trinajstić information content (AvgIpc) is 2.94. The van der Waals surface area contributed by atoms with Crippen molar-refractivity contribution in [1.29, 1.82) is 5.26 Å². The predicted molar refractivity (Wildman–Crippen MR) is 74.1 cm³/mol. The van der Waals surface area contributed by atoms with Gasteiger partial charge < -0.3 is 9.26 Å². The molecule has 1 aliphatic heterocycles. The molecule has 0 radical (unpaired) electrons. The van der Waals surface area contributed by atoms with E-state index in [1.165, 1.54) is 18.2 Å². The van der Waals surface area contributed by atoms with Crippen molar-refractivity contribution in [1.82, 2.24) is 15.0 Å². The summed E-state index contributed by atoms with van der Waals surface area (Å²) >= 11 is 0. The molecule has 7 heteroatoms. The SMILES string of the molecule is Cc1noc(C2COCCN2Cc2cc(F)ccc2C#N)n1. The van der Waals surface area contributed by atoms with Crippen molar-refractivity contribution < 1.29 is 13.7 Å². The summed E-state index contributed by atoms with van der Waals surface area (Å²) in [5.41, 5.74) is 1.11. The highest BCUT2D eigenvalue weighted by molar-refractivity contribution is 5.37. The second kappa shape index (κ2) is 6.22. The number of nitrogens with zero attached hydrogens (tertiary/aromatic N) is 4. The molecule has 0 spiro atoms. The highest BCUT2D eigenvalue weighted by Crippen LogP contribution is 2.25. The van der Waals surface area contributed by atoms with E-state index in [1.54, 1.807) is 6.92 Å². The fraction of sp³-hybridized carbons (Fsp3) is 0.400. The van der Waals surface area contributed by atoms with Crippen LogP contribution in [0.3, 0.4) is 0 Å². The minimum absolute atomic E-state index is 0.190. The third kappa shape index (κ3) is 2.98. The average molecular weight is 302 g/mol. The Hall–Kier alpha value is -2.30.